The highest BCUT2D eigenvalue weighted by Gasteiger charge is 2.17. The van der Waals surface area contributed by atoms with Gasteiger partial charge in [0, 0.05) is 11.6 Å². The first-order valence-corrected chi connectivity index (χ1v) is 11.2. The van der Waals surface area contributed by atoms with Gasteiger partial charge in [-0.3, -0.25) is 9.88 Å². The van der Waals surface area contributed by atoms with Crippen LogP contribution in [0.1, 0.15) is 42.3 Å². The molecule has 0 spiro atoms. The second-order valence-electron chi connectivity index (χ2n) is 7.55. The topological polar surface area (TPSA) is 98.7 Å². The first-order valence-electron chi connectivity index (χ1n) is 10.3. The van der Waals surface area contributed by atoms with Crippen molar-refractivity contribution >= 4 is 11.3 Å². The largest absolute Gasteiger partial charge is 0.415 e. The minimum absolute atomic E-state index is 0.00582. The molecule has 4 aromatic heterocycles. The second kappa shape index (κ2) is 9.17. The molecule has 9 nitrogen and oxygen atoms in total. The van der Waals surface area contributed by atoms with E-state index >= 15 is 0 Å². The van der Waals surface area contributed by atoms with Crippen molar-refractivity contribution in [3.63, 3.8) is 0 Å². The lowest BCUT2D eigenvalue weighted by molar-refractivity contribution is 0.116. The van der Waals surface area contributed by atoms with Gasteiger partial charge in [0.25, 0.3) is 5.89 Å². The van der Waals surface area contributed by atoms with Gasteiger partial charge in [0.2, 0.25) is 5.89 Å². The van der Waals surface area contributed by atoms with Crippen LogP contribution in [0.3, 0.4) is 0 Å². The molecule has 1 aliphatic rings. The van der Waals surface area contributed by atoms with E-state index in [1.165, 1.54) is 25.5 Å². The Morgan fingerprint density at radius 3 is 2.66 bits per heavy atom. The van der Waals surface area contributed by atoms with Gasteiger partial charge in [-0.05, 0) is 38.1 Å². The normalized spacial score (nSPS) is 15.0. The average molecular weight is 458 g/mol. The number of piperidine rings is 1. The fourth-order valence-electron chi connectivity index (χ4n) is 3.55. The Bertz CT molecular complexity index is 1170. The summed E-state index contributed by atoms with van der Waals surface area (Å²) in [6.45, 7) is 3.56. The molecule has 0 unspecified atom stereocenters. The van der Waals surface area contributed by atoms with Crippen LogP contribution in [0.15, 0.2) is 34.3 Å². The highest BCUT2D eigenvalue weighted by Crippen LogP contribution is 2.24. The van der Waals surface area contributed by atoms with Gasteiger partial charge in [0.1, 0.15) is 16.4 Å². The minimum Gasteiger partial charge on any atom is -0.415 e. The predicted octanol–water partition coefficient (Wildman–Crippen LogP) is 3.82. The summed E-state index contributed by atoms with van der Waals surface area (Å²) in [7, 11) is 0. The van der Waals surface area contributed by atoms with Crippen LogP contribution < -0.4 is 0 Å². The Labute approximate surface area is 186 Å². The smallest absolute Gasteiger partial charge is 0.314 e. The first-order chi connectivity index (χ1) is 15.6. The van der Waals surface area contributed by atoms with Crippen molar-refractivity contribution < 1.29 is 13.2 Å². The molecule has 5 rings (SSSR count). The van der Waals surface area contributed by atoms with Crippen molar-refractivity contribution in [1.82, 2.24) is 40.1 Å². The highest BCUT2D eigenvalue weighted by atomic mass is 32.1. The number of halogens is 2. The molecular formula is C20H20F2N8OS. The zero-order valence-electron chi connectivity index (χ0n) is 17.1. The third-order valence-electron chi connectivity index (χ3n) is 5.18. The minimum atomic E-state index is -2.80. The zero-order valence-corrected chi connectivity index (χ0v) is 17.9. The maximum atomic E-state index is 12.6. The molecule has 0 aliphatic carbocycles. The Kier molecular flexibility index (Phi) is 5.95. The molecule has 1 aliphatic heterocycles. The summed E-state index contributed by atoms with van der Waals surface area (Å²) in [6, 6.07) is 3.44. The standard InChI is InChI=1S/C20H20F2N8OS/c21-18(22)20-27-26-19(31-20)13-4-5-14(23-8-13)9-30-10-15(25-28-30)16-12-32-17(24-16)11-29-6-2-1-3-7-29/h4-5,8,10,12,18H,1-3,6-7,9,11H2. The molecule has 5 heterocycles. The lowest BCUT2D eigenvalue weighted by Gasteiger charge is -2.25. The number of alkyl halides is 2. The van der Waals surface area contributed by atoms with E-state index in [1.807, 2.05) is 11.6 Å². The Morgan fingerprint density at radius 2 is 1.91 bits per heavy atom. The molecule has 32 heavy (non-hydrogen) atoms. The van der Waals surface area contributed by atoms with Crippen LogP contribution in [-0.2, 0) is 13.1 Å². The summed E-state index contributed by atoms with van der Waals surface area (Å²) in [4.78, 5) is 11.5. The van der Waals surface area contributed by atoms with Crippen molar-refractivity contribution in [3.8, 4) is 22.8 Å². The highest BCUT2D eigenvalue weighted by molar-refractivity contribution is 7.09. The summed E-state index contributed by atoms with van der Waals surface area (Å²) >= 11 is 1.65. The number of likely N-dealkylation sites (tertiary alicyclic amines) is 1. The molecule has 0 saturated carbocycles. The molecule has 0 atom stereocenters. The maximum absolute atomic E-state index is 12.6. The van der Waals surface area contributed by atoms with Crippen LogP contribution in [0.2, 0.25) is 0 Å². The first kappa shape index (κ1) is 20.8. The van der Waals surface area contributed by atoms with E-state index in [0.29, 0.717) is 17.8 Å². The summed E-state index contributed by atoms with van der Waals surface area (Å²) in [5.41, 5.74) is 2.73. The van der Waals surface area contributed by atoms with Gasteiger partial charge in [-0.1, -0.05) is 11.6 Å². The number of nitrogens with zero attached hydrogens (tertiary/aromatic N) is 8. The summed E-state index contributed by atoms with van der Waals surface area (Å²) in [5, 5.41) is 18.5. The molecular weight excluding hydrogens is 438 g/mol. The predicted molar refractivity (Wildman–Crippen MR) is 112 cm³/mol. The molecule has 1 saturated heterocycles. The van der Waals surface area contributed by atoms with Gasteiger partial charge in [0.15, 0.2) is 0 Å². The van der Waals surface area contributed by atoms with Gasteiger partial charge in [-0.15, -0.1) is 26.6 Å². The SMILES string of the molecule is FC(F)c1nnc(-c2ccc(Cn3cc(-c4csc(CN5CCCCC5)n4)nn3)nc2)o1. The van der Waals surface area contributed by atoms with Crippen molar-refractivity contribution in [2.45, 2.75) is 38.8 Å². The van der Waals surface area contributed by atoms with Gasteiger partial charge in [-0.25, -0.2) is 9.67 Å². The maximum Gasteiger partial charge on any atom is 0.314 e. The number of aromatic nitrogens is 7. The number of pyridine rings is 1. The van der Waals surface area contributed by atoms with E-state index in [-0.39, 0.29) is 5.89 Å². The number of rotatable bonds is 7. The Hall–Kier alpha value is -3.12. The number of thiazole rings is 1. The van der Waals surface area contributed by atoms with Crippen LogP contribution >= 0.6 is 11.3 Å². The summed E-state index contributed by atoms with van der Waals surface area (Å²) in [5.74, 6) is -0.702. The molecule has 0 aromatic carbocycles. The third kappa shape index (κ3) is 4.70. The van der Waals surface area contributed by atoms with Crippen LogP contribution in [0.5, 0.6) is 0 Å². The molecule has 0 N–H and O–H groups in total. The van der Waals surface area contributed by atoms with Gasteiger partial charge >= 0.3 is 6.43 Å². The molecule has 0 bridgehead atoms. The van der Waals surface area contributed by atoms with E-state index in [0.717, 1.165) is 36.0 Å². The zero-order chi connectivity index (χ0) is 21.9. The second-order valence-corrected chi connectivity index (χ2v) is 8.49. The van der Waals surface area contributed by atoms with E-state index in [1.54, 1.807) is 28.2 Å². The van der Waals surface area contributed by atoms with Gasteiger partial charge < -0.3 is 4.42 Å². The van der Waals surface area contributed by atoms with Crippen molar-refractivity contribution in [2.75, 3.05) is 13.1 Å². The summed E-state index contributed by atoms with van der Waals surface area (Å²) < 4.78 is 31.8. The lowest BCUT2D eigenvalue weighted by atomic mass is 10.1. The monoisotopic (exact) mass is 458 g/mol. The van der Waals surface area contributed by atoms with Gasteiger partial charge in [0.05, 0.1) is 30.5 Å². The van der Waals surface area contributed by atoms with Crippen molar-refractivity contribution in [3.05, 3.63) is 46.5 Å². The molecule has 12 heteroatoms. The molecule has 0 radical (unpaired) electrons. The number of hydrogen-bond acceptors (Lipinski definition) is 9. The quantitative estimate of drug-likeness (QED) is 0.412. The molecule has 1 fully saturated rings. The molecule has 4 aromatic rings. The Morgan fingerprint density at radius 1 is 1.03 bits per heavy atom. The third-order valence-corrected chi connectivity index (χ3v) is 6.02. The van der Waals surface area contributed by atoms with Crippen LogP contribution in [0, 0.1) is 0 Å². The van der Waals surface area contributed by atoms with Gasteiger partial charge in [-0.2, -0.15) is 8.78 Å². The molecule has 0 amide bonds. The fraction of sp³-hybridized carbons (Fsp3) is 0.400. The number of hydrogen-bond donors (Lipinski definition) is 0. The lowest BCUT2D eigenvalue weighted by Crippen LogP contribution is -2.28. The van der Waals surface area contributed by atoms with E-state index in [9.17, 15) is 8.78 Å². The summed E-state index contributed by atoms with van der Waals surface area (Å²) in [6.07, 6.45) is 4.37. The van der Waals surface area contributed by atoms with Crippen LogP contribution in [-0.4, -0.2) is 53.1 Å². The Balaban J connectivity index is 1.22. The van der Waals surface area contributed by atoms with E-state index < -0.39 is 12.3 Å². The van der Waals surface area contributed by atoms with E-state index in [2.05, 4.69) is 30.4 Å². The van der Waals surface area contributed by atoms with Crippen LogP contribution in [0.4, 0.5) is 8.78 Å². The van der Waals surface area contributed by atoms with Crippen molar-refractivity contribution in [2.24, 2.45) is 0 Å². The van der Waals surface area contributed by atoms with Crippen LogP contribution in [0.25, 0.3) is 22.8 Å². The average Bonchev–Trinajstić information content (AvgIpc) is 3.56. The van der Waals surface area contributed by atoms with E-state index in [4.69, 9.17) is 9.40 Å². The fourth-order valence-corrected chi connectivity index (χ4v) is 4.38. The molecule has 166 valence electrons. The van der Waals surface area contributed by atoms with Crippen molar-refractivity contribution in [1.29, 1.82) is 0 Å².